The largest absolute Gasteiger partial charge is 0.493 e. The van der Waals surface area contributed by atoms with Gasteiger partial charge in [0.1, 0.15) is 0 Å². The Labute approximate surface area is 151 Å². The second-order valence-corrected chi connectivity index (χ2v) is 5.66. The van der Waals surface area contributed by atoms with Crippen molar-refractivity contribution in [2.24, 2.45) is 0 Å². The highest BCUT2D eigenvalue weighted by Gasteiger charge is 2.14. The minimum atomic E-state index is -2.99. The first-order valence-electron chi connectivity index (χ1n) is 8.22. The molecule has 0 spiro atoms. The topological polar surface area (TPSA) is 59.6 Å². The zero-order chi connectivity index (χ0) is 19.1. The fraction of sp³-hybridized carbons (Fsp3) is 0.316. The van der Waals surface area contributed by atoms with Crippen LogP contribution in [0.5, 0.6) is 11.5 Å². The molecule has 0 bridgehead atoms. The molecule has 0 aliphatic heterocycles. The molecule has 0 radical (unpaired) electrons. The highest BCUT2D eigenvalue weighted by Crippen LogP contribution is 2.31. The van der Waals surface area contributed by atoms with Crippen molar-refractivity contribution in [2.45, 2.75) is 32.9 Å². The maximum atomic E-state index is 12.5. The number of benzene rings is 2. The molecule has 0 aliphatic carbocycles. The van der Waals surface area contributed by atoms with Crippen LogP contribution in [0.3, 0.4) is 0 Å². The number of carbonyl (C=O) groups is 1. The van der Waals surface area contributed by atoms with E-state index >= 15 is 0 Å². The van der Waals surface area contributed by atoms with Crippen LogP contribution in [0.4, 0.5) is 19.3 Å². The van der Waals surface area contributed by atoms with E-state index in [9.17, 15) is 13.6 Å². The second kappa shape index (κ2) is 9.03. The number of halogens is 2. The highest BCUT2D eigenvalue weighted by atomic mass is 19.3. The van der Waals surface area contributed by atoms with E-state index in [-0.39, 0.29) is 17.5 Å². The minimum Gasteiger partial charge on any atom is -0.493 e. The molecule has 2 aromatic rings. The lowest BCUT2D eigenvalue weighted by molar-refractivity contribution is -0.0511. The third-order valence-corrected chi connectivity index (χ3v) is 3.87. The quantitative estimate of drug-likeness (QED) is 0.746. The second-order valence-electron chi connectivity index (χ2n) is 5.66. The van der Waals surface area contributed by atoms with Crippen molar-refractivity contribution in [3.63, 3.8) is 0 Å². The van der Waals surface area contributed by atoms with Gasteiger partial charge >= 0.3 is 12.6 Å². The molecular weight excluding hydrogens is 342 g/mol. The van der Waals surface area contributed by atoms with E-state index in [0.717, 1.165) is 12.0 Å². The van der Waals surface area contributed by atoms with Crippen molar-refractivity contribution in [1.29, 1.82) is 0 Å². The van der Waals surface area contributed by atoms with E-state index in [1.165, 1.54) is 30.9 Å². The third kappa shape index (κ3) is 5.34. The molecule has 0 heterocycles. The fourth-order valence-corrected chi connectivity index (χ4v) is 2.43. The highest BCUT2D eigenvalue weighted by molar-refractivity contribution is 5.89. The lowest BCUT2D eigenvalue weighted by Gasteiger charge is -2.16. The van der Waals surface area contributed by atoms with Crippen LogP contribution >= 0.6 is 0 Å². The van der Waals surface area contributed by atoms with Gasteiger partial charge in [-0.3, -0.25) is 0 Å². The van der Waals surface area contributed by atoms with Gasteiger partial charge in [-0.2, -0.15) is 8.78 Å². The Kier molecular flexibility index (Phi) is 6.77. The van der Waals surface area contributed by atoms with Gasteiger partial charge in [-0.15, -0.1) is 0 Å². The van der Waals surface area contributed by atoms with Gasteiger partial charge < -0.3 is 20.1 Å². The number of hydrogen-bond donors (Lipinski definition) is 2. The van der Waals surface area contributed by atoms with Crippen molar-refractivity contribution in [2.75, 3.05) is 12.4 Å². The Bertz CT molecular complexity index is 736. The molecule has 1 atom stereocenters. The molecule has 1 unspecified atom stereocenters. The molecule has 0 fully saturated rings. The number of alkyl halides is 2. The summed E-state index contributed by atoms with van der Waals surface area (Å²) < 4.78 is 34.3. The Morgan fingerprint density at radius 1 is 1.12 bits per heavy atom. The predicted molar refractivity (Wildman–Crippen MR) is 96.0 cm³/mol. The maximum absolute atomic E-state index is 12.5. The molecule has 7 heteroatoms. The number of carbonyl (C=O) groups excluding carboxylic acids is 1. The average molecular weight is 364 g/mol. The van der Waals surface area contributed by atoms with Crippen LogP contribution in [0.2, 0.25) is 0 Å². The first kappa shape index (κ1) is 19.5. The summed E-state index contributed by atoms with van der Waals surface area (Å²) in [6.07, 6.45) is 0.947. The van der Waals surface area contributed by atoms with Crippen LogP contribution in [0.1, 0.15) is 31.0 Å². The van der Waals surface area contributed by atoms with Crippen molar-refractivity contribution in [1.82, 2.24) is 5.32 Å². The van der Waals surface area contributed by atoms with E-state index in [1.54, 1.807) is 0 Å². The van der Waals surface area contributed by atoms with Gasteiger partial charge in [0.25, 0.3) is 0 Å². The number of rotatable bonds is 7. The number of hydrogen-bond acceptors (Lipinski definition) is 3. The summed E-state index contributed by atoms with van der Waals surface area (Å²) in [4.78, 5) is 12.2. The van der Waals surface area contributed by atoms with Gasteiger partial charge in [0.15, 0.2) is 11.5 Å². The van der Waals surface area contributed by atoms with Gasteiger partial charge in [-0.1, -0.05) is 31.2 Å². The summed E-state index contributed by atoms with van der Waals surface area (Å²) in [7, 11) is 1.35. The number of urea groups is 1. The number of aryl methyl sites for hydroxylation is 1. The molecule has 2 aromatic carbocycles. The SMILES string of the molecule is CCc1ccc(C(C)NC(=O)Nc2ccc(OC)c(OC(F)F)c2)cc1. The lowest BCUT2D eigenvalue weighted by atomic mass is 10.1. The van der Waals surface area contributed by atoms with Crippen LogP contribution in [-0.2, 0) is 6.42 Å². The molecule has 2 amide bonds. The zero-order valence-electron chi connectivity index (χ0n) is 14.9. The van der Waals surface area contributed by atoms with Gasteiger partial charge in [-0.05, 0) is 36.6 Å². The normalized spacial score (nSPS) is 11.8. The third-order valence-electron chi connectivity index (χ3n) is 3.87. The average Bonchev–Trinajstić information content (AvgIpc) is 2.61. The lowest BCUT2D eigenvalue weighted by Crippen LogP contribution is -2.31. The van der Waals surface area contributed by atoms with Crippen molar-refractivity contribution < 1.29 is 23.0 Å². The maximum Gasteiger partial charge on any atom is 0.387 e. The fourth-order valence-electron chi connectivity index (χ4n) is 2.43. The van der Waals surface area contributed by atoms with Crippen molar-refractivity contribution >= 4 is 11.7 Å². The molecule has 0 saturated heterocycles. The molecule has 0 saturated carbocycles. The van der Waals surface area contributed by atoms with Crippen molar-refractivity contribution in [3.05, 3.63) is 53.6 Å². The summed E-state index contributed by atoms with van der Waals surface area (Å²) in [6.45, 7) is 0.948. The number of methoxy groups -OCH3 is 1. The summed E-state index contributed by atoms with van der Waals surface area (Å²) in [5.74, 6) is 0.00384. The number of anilines is 1. The summed E-state index contributed by atoms with van der Waals surface area (Å²) in [6, 6.07) is 11.6. The number of ether oxygens (including phenoxy) is 2. The van der Waals surface area contributed by atoms with Crippen LogP contribution in [0, 0.1) is 0 Å². The van der Waals surface area contributed by atoms with E-state index in [4.69, 9.17) is 4.74 Å². The molecule has 0 aliphatic rings. The first-order chi connectivity index (χ1) is 12.4. The monoisotopic (exact) mass is 364 g/mol. The van der Waals surface area contributed by atoms with Crippen LogP contribution in [0.25, 0.3) is 0 Å². The number of amides is 2. The van der Waals surface area contributed by atoms with Crippen molar-refractivity contribution in [3.8, 4) is 11.5 Å². The zero-order valence-corrected chi connectivity index (χ0v) is 14.9. The molecule has 5 nitrogen and oxygen atoms in total. The summed E-state index contributed by atoms with van der Waals surface area (Å²) in [5, 5.41) is 5.40. The Morgan fingerprint density at radius 3 is 2.38 bits per heavy atom. The molecule has 26 heavy (non-hydrogen) atoms. The molecule has 0 aromatic heterocycles. The van der Waals surface area contributed by atoms with E-state index in [1.807, 2.05) is 31.2 Å². The van der Waals surface area contributed by atoms with Gasteiger partial charge in [0.05, 0.1) is 13.2 Å². The number of nitrogens with one attached hydrogen (secondary N) is 2. The smallest absolute Gasteiger partial charge is 0.387 e. The van der Waals surface area contributed by atoms with Crippen LogP contribution in [-0.4, -0.2) is 19.8 Å². The van der Waals surface area contributed by atoms with E-state index in [0.29, 0.717) is 5.69 Å². The van der Waals surface area contributed by atoms with Gasteiger partial charge in [0.2, 0.25) is 0 Å². The van der Waals surface area contributed by atoms with Crippen LogP contribution < -0.4 is 20.1 Å². The molecule has 140 valence electrons. The standard InChI is InChI=1S/C19H22F2N2O3/c1-4-13-5-7-14(8-6-13)12(2)22-19(24)23-15-9-10-16(25-3)17(11-15)26-18(20)21/h5-12,18H,4H2,1-3H3,(H2,22,23,24). The molecular formula is C19H22F2N2O3. The predicted octanol–water partition coefficient (Wildman–Crippen LogP) is 4.74. The Hall–Kier alpha value is -2.83. The van der Waals surface area contributed by atoms with Gasteiger partial charge in [-0.25, -0.2) is 4.79 Å². The molecule has 2 N–H and O–H groups in total. The Morgan fingerprint density at radius 2 is 1.81 bits per heavy atom. The Balaban J connectivity index is 2.02. The van der Waals surface area contributed by atoms with E-state index < -0.39 is 12.6 Å². The minimum absolute atomic E-state index is 0.150. The van der Waals surface area contributed by atoms with E-state index in [2.05, 4.69) is 22.3 Å². The summed E-state index contributed by atoms with van der Waals surface area (Å²) >= 11 is 0. The first-order valence-corrected chi connectivity index (χ1v) is 8.22. The van der Waals surface area contributed by atoms with Gasteiger partial charge in [0, 0.05) is 11.8 Å². The van der Waals surface area contributed by atoms with Crippen LogP contribution in [0.15, 0.2) is 42.5 Å². The summed E-state index contributed by atoms with van der Waals surface area (Å²) in [5.41, 5.74) is 2.50. The molecule has 2 rings (SSSR count).